The predicted octanol–water partition coefficient (Wildman–Crippen LogP) is 2.38. The Hall–Kier alpha value is -0.160. The molecule has 3 atom stereocenters. The molecule has 0 aromatic carbocycles. The zero-order chi connectivity index (χ0) is 15.7. The van der Waals surface area contributed by atoms with Crippen LogP contribution in [-0.4, -0.2) is 64.6 Å². The van der Waals surface area contributed by atoms with E-state index in [9.17, 15) is 0 Å². The Balaban J connectivity index is 2.67. The standard InChI is InChI=1S/C17H36N2O2/c1-14(2)15-7-8-16(18-3)17(13-15)19(10-12-21-5)9-6-11-20-4/h14-18H,6-13H2,1-5H3. The summed E-state index contributed by atoms with van der Waals surface area (Å²) >= 11 is 0. The van der Waals surface area contributed by atoms with Gasteiger partial charge in [-0.05, 0) is 44.6 Å². The van der Waals surface area contributed by atoms with Gasteiger partial charge >= 0.3 is 0 Å². The van der Waals surface area contributed by atoms with E-state index in [0.29, 0.717) is 12.1 Å². The molecule has 126 valence electrons. The number of hydrogen-bond acceptors (Lipinski definition) is 4. The van der Waals surface area contributed by atoms with E-state index >= 15 is 0 Å². The van der Waals surface area contributed by atoms with E-state index in [1.807, 2.05) is 0 Å². The van der Waals surface area contributed by atoms with Crippen LogP contribution in [0, 0.1) is 11.8 Å². The monoisotopic (exact) mass is 300 g/mol. The highest BCUT2D eigenvalue weighted by Crippen LogP contribution is 2.32. The van der Waals surface area contributed by atoms with Gasteiger partial charge in [-0.15, -0.1) is 0 Å². The first kappa shape index (κ1) is 18.9. The SMILES string of the molecule is CNC1CCC(C(C)C)CC1N(CCCOC)CCOC. The van der Waals surface area contributed by atoms with Crippen LogP contribution in [0.2, 0.25) is 0 Å². The maximum absolute atomic E-state index is 5.32. The third-order valence-electron chi connectivity index (χ3n) is 5.02. The van der Waals surface area contributed by atoms with Gasteiger partial charge in [0.1, 0.15) is 0 Å². The van der Waals surface area contributed by atoms with Gasteiger partial charge < -0.3 is 14.8 Å². The molecular weight excluding hydrogens is 264 g/mol. The summed E-state index contributed by atoms with van der Waals surface area (Å²) in [4.78, 5) is 2.62. The predicted molar refractivity (Wildman–Crippen MR) is 88.8 cm³/mol. The van der Waals surface area contributed by atoms with Crippen LogP contribution in [0.1, 0.15) is 39.5 Å². The summed E-state index contributed by atoms with van der Waals surface area (Å²) < 4.78 is 10.5. The van der Waals surface area contributed by atoms with Crippen LogP contribution < -0.4 is 5.32 Å². The molecule has 0 aliphatic heterocycles. The average Bonchev–Trinajstić information content (AvgIpc) is 2.50. The zero-order valence-electron chi connectivity index (χ0n) is 14.7. The van der Waals surface area contributed by atoms with Crippen molar-refractivity contribution in [2.45, 2.75) is 51.6 Å². The topological polar surface area (TPSA) is 33.7 Å². The lowest BCUT2D eigenvalue weighted by Gasteiger charge is -2.44. The van der Waals surface area contributed by atoms with Crippen LogP contribution in [0.3, 0.4) is 0 Å². The third-order valence-corrected chi connectivity index (χ3v) is 5.02. The number of nitrogens with zero attached hydrogens (tertiary/aromatic N) is 1. The molecule has 3 unspecified atom stereocenters. The molecule has 1 aliphatic carbocycles. The van der Waals surface area contributed by atoms with E-state index in [2.05, 4.69) is 31.1 Å². The highest BCUT2D eigenvalue weighted by atomic mass is 16.5. The van der Waals surface area contributed by atoms with Crippen LogP contribution in [0.4, 0.5) is 0 Å². The number of methoxy groups -OCH3 is 2. The number of hydrogen-bond donors (Lipinski definition) is 1. The first-order valence-corrected chi connectivity index (χ1v) is 8.53. The summed E-state index contributed by atoms with van der Waals surface area (Å²) in [6.07, 6.45) is 5.05. The molecule has 4 nitrogen and oxygen atoms in total. The van der Waals surface area contributed by atoms with Gasteiger partial charge in [0.2, 0.25) is 0 Å². The minimum absolute atomic E-state index is 0.611. The Kier molecular flexibility index (Phi) is 9.49. The van der Waals surface area contributed by atoms with Crippen LogP contribution >= 0.6 is 0 Å². The quantitative estimate of drug-likeness (QED) is 0.628. The maximum atomic E-state index is 5.32. The van der Waals surface area contributed by atoms with Crippen molar-refractivity contribution >= 4 is 0 Å². The molecule has 1 saturated carbocycles. The molecule has 0 aromatic heterocycles. The van der Waals surface area contributed by atoms with Gasteiger partial charge in [0.15, 0.2) is 0 Å². The normalized spacial score (nSPS) is 26.7. The second-order valence-electron chi connectivity index (χ2n) is 6.65. The van der Waals surface area contributed by atoms with Crippen LogP contribution in [0.15, 0.2) is 0 Å². The average molecular weight is 300 g/mol. The van der Waals surface area contributed by atoms with Crippen molar-refractivity contribution in [1.29, 1.82) is 0 Å². The fourth-order valence-corrected chi connectivity index (χ4v) is 3.59. The van der Waals surface area contributed by atoms with Gasteiger partial charge in [0.05, 0.1) is 6.61 Å². The smallest absolute Gasteiger partial charge is 0.0589 e. The molecule has 0 radical (unpaired) electrons. The Morgan fingerprint density at radius 3 is 2.38 bits per heavy atom. The second kappa shape index (κ2) is 10.5. The largest absolute Gasteiger partial charge is 0.385 e. The van der Waals surface area contributed by atoms with Gasteiger partial charge in [-0.3, -0.25) is 4.90 Å². The van der Waals surface area contributed by atoms with Crippen LogP contribution in [-0.2, 0) is 9.47 Å². The molecular formula is C17H36N2O2. The van der Waals surface area contributed by atoms with Crippen molar-refractivity contribution in [3.63, 3.8) is 0 Å². The fourth-order valence-electron chi connectivity index (χ4n) is 3.59. The molecule has 0 bridgehead atoms. The number of likely N-dealkylation sites (N-methyl/N-ethyl adjacent to an activating group) is 1. The lowest BCUT2D eigenvalue weighted by atomic mass is 9.76. The van der Waals surface area contributed by atoms with E-state index < -0.39 is 0 Å². The second-order valence-corrected chi connectivity index (χ2v) is 6.65. The molecule has 1 fully saturated rings. The first-order chi connectivity index (χ1) is 10.1. The Morgan fingerprint density at radius 1 is 1.10 bits per heavy atom. The van der Waals surface area contributed by atoms with Gasteiger partial charge in [-0.25, -0.2) is 0 Å². The highest BCUT2D eigenvalue weighted by Gasteiger charge is 2.34. The Morgan fingerprint density at radius 2 is 1.81 bits per heavy atom. The zero-order valence-corrected chi connectivity index (χ0v) is 14.7. The van der Waals surface area contributed by atoms with Gasteiger partial charge in [-0.2, -0.15) is 0 Å². The summed E-state index contributed by atoms with van der Waals surface area (Å²) in [7, 11) is 5.68. The molecule has 0 aromatic rings. The molecule has 1 N–H and O–H groups in total. The van der Waals surface area contributed by atoms with Crippen molar-refractivity contribution in [3.8, 4) is 0 Å². The van der Waals surface area contributed by atoms with Gasteiger partial charge in [0.25, 0.3) is 0 Å². The Bertz CT molecular complexity index is 261. The summed E-state index contributed by atoms with van der Waals surface area (Å²) in [5.74, 6) is 1.64. The number of rotatable bonds is 10. The van der Waals surface area contributed by atoms with E-state index in [4.69, 9.17) is 9.47 Å². The molecule has 1 aliphatic rings. The molecule has 0 saturated heterocycles. The minimum Gasteiger partial charge on any atom is -0.385 e. The van der Waals surface area contributed by atoms with E-state index in [1.165, 1.54) is 19.3 Å². The lowest BCUT2D eigenvalue weighted by molar-refractivity contribution is 0.0544. The summed E-state index contributed by atoms with van der Waals surface area (Å²) in [5.41, 5.74) is 0. The third kappa shape index (κ3) is 6.23. The lowest BCUT2D eigenvalue weighted by Crippen LogP contribution is -2.54. The van der Waals surface area contributed by atoms with E-state index in [-0.39, 0.29) is 0 Å². The van der Waals surface area contributed by atoms with Crippen molar-refractivity contribution < 1.29 is 9.47 Å². The molecule has 4 heteroatoms. The fraction of sp³-hybridized carbons (Fsp3) is 1.00. The van der Waals surface area contributed by atoms with Gasteiger partial charge in [-0.1, -0.05) is 13.8 Å². The van der Waals surface area contributed by atoms with Crippen molar-refractivity contribution in [2.24, 2.45) is 11.8 Å². The molecule has 1 rings (SSSR count). The number of ether oxygens (including phenoxy) is 2. The first-order valence-electron chi connectivity index (χ1n) is 8.53. The molecule has 0 heterocycles. The summed E-state index contributed by atoms with van der Waals surface area (Å²) in [6, 6.07) is 1.24. The molecule has 21 heavy (non-hydrogen) atoms. The number of nitrogens with one attached hydrogen (secondary N) is 1. The molecule has 0 spiro atoms. The van der Waals surface area contributed by atoms with Crippen LogP contribution in [0.5, 0.6) is 0 Å². The minimum atomic E-state index is 0.611. The van der Waals surface area contributed by atoms with Gasteiger partial charge in [0, 0.05) is 46.0 Å². The Labute approximate surface area is 131 Å². The van der Waals surface area contributed by atoms with Crippen molar-refractivity contribution in [2.75, 3.05) is 47.6 Å². The maximum Gasteiger partial charge on any atom is 0.0589 e. The van der Waals surface area contributed by atoms with Crippen molar-refractivity contribution in [1.82, 2.24) is 10.2 Å². The van der Waals surface area contributed by atoms with E-state index in [1.54, 1.807) is 14.2 Å². The van der Waals surface area contributed by atoms with Crippen LogP contribution in [0.25, 0.3) is 0 Å². The molecule has 0 amide bonds. The summed E-state index contributed by atoms with van der Waals surface area (Å²) in [5, 5.41) is 3.55. The highest BCUT2D eigenvalue weighted by molar-refractivity contribution is 4.91. The van der Waals surface area contributed by atoms with Crippen molar-refractivity contribution in [3.05, 3.63) is 0 Å². The summed E-state index contributed by atoms with van der Waals surface area (Å²) in [6.45, 7) is 8.51. The van der Waals surface area contributed by atoms with E-state index in [0.717, 1.165) is 44.6 Å².